The number of benzene rings is 2. The van der Waals surface area contributed by atoms with Crippen LogP contribution in [-0.4, -0.2) is 18.8 Å². The van der Waals surface area contributed by atoms with Crippen molar-refractivity contribution in [3.8, 4) is 5.75 Å². The Hall–Kier alpha value is -2.14. The minimum Gasteiger partial charge on any atom is -0.497 e. The van der Waals surface area contributed by atoms with Gasteiger partial charge in [0.25, 0.3) is 0 Å². The number of anilines is 1. The second-order valence-electron chi connectivity index (χ2n) is 4.68. The van der Waals surface area contributed by atoms with Crippen molar-refractivity contribution < 1.29 is 14.3 Å². The molecule has 5 heteroatoms. The first-order valence-corrected chi connectivity index (χ1v) is 7.61. The lowest BCUT2D eigenvalue weighted by molar-refractivity contribution is -0.116. The molecule has 0 fully saturated rings. The molecule has 0 radical (unpaired) electrons. The maximum atomic E-state index is 12.1. The van der Waals surface area contributed by atoms with E-state index in [9.17, 15) is 9.59 Å². The van der Waals surface area contributed by atoms with E-state index in [1.165, 1.54) is 0 Å². The molecule has 0 aliphatic heterocycles. The van der Waals surface area contributed by atoms with Crippen LogP contribution in [0.15, 0.2) is 53.0 Å². The van der Waals surface area contributed by atoms with Crippen LogP contribution in [0.1, 0.15) is 23.2 Å². The summed E-state index contributed by atoms with van der Waals surface area (Å²) in [5, 5.41) is 2.78. The molecule has 0 saturated heterocycles. The molecule has 2 aromatic rings. The molecule has 2 aromatic carbocycles. The topological polar surface area (TPSA) is 55.4 Å². The summed E-state index contributed by atoms with van der Waals surface area (Å²) in [4.78, 5) is 24.0. The molecule has 0 spiro atoms. The summed E-state index contributed by atoms with van der Waals surface area (Å²) in [5.41, 5.74) is 1.24. The Kier molecular flexibility index (Phi) is 5.72. The smallest absolute Gasteiger partial charge is 0.224 e. The Balaban J connectivity index is 1.90. The van der Waals surface area contributed by atoms with Crippen LogP contribution in [0.2, 0.25) is 0 Å². The van der Waals surface area contributed by atoms with E-state index < -0.39 is 0 Å². The molecule has 0 aromatic heterocycles. The molecule has 0 unspecified atom stereocenters. The summed E-state index contributed by atoms with van der Waals surface area (Å²) in [6, 6.07) is 14.3. The lowest BCUT2D eigenvalue weighted by atomic mass is 10.1. The van der Waals surface area contributed by atoms with Gasteiger partial charge < -0.3 is 10.1 Å². The number of ether oxygens (including phenoxy) is 1. The van der Waals surface area contributed by atoms with Crippen LogP contribution < -0.4 is 10.1 Å². The number of nitrogens with one attached hydrogen (secondary N) is 1. The number of Topliss-reactive ketones (excluding diaryl/α,β-unsaturated/α-hetero) is 1. The van der Waals surface area contributed by atoms with Gasteiger partial charge in [0.05, 0.1) is 12.8 Å². The Bertz CT molecular complexity index is 685. The summed E-state index contributed by atoms with van der Waals surface area (Å²) < 4.78 is 5.89. The highest BCUT2D eigenvalue weighted by atomic mass is 79.9. The molecule has 0 bridgehead atoms. The lowest BCUT2D eigenvalue weighted by Gasteiger charge is -2.07. The SMILES string of the molecule is COc1cccc(C(=O)CCC(=O)Nc2ccccc2Br)c1. The number of carbonyl (C=O) groups is 2. The van der Waals surface area contributed by atoms with Gasteiger partial charge in [-0.2, -0.15) is 0 Å². The van der Waals surface area contributed by atoms with Crippen LogP contribution >= 0.6 is 15.9 Å². The maximum absolute atomic E-state index is 12.1. The van der Waals surface area contributed by atoms with Gasteiger partial charge in [0.2, 0.25) is 5.91 Å². The number of rotatable bonds is 6. The number of carbonyl (C=O) groups excluding carboxylic acids is 2. The number of halogens is 1. The van der Waals surface area contributed by atoms with E-state index in [1.54, 1.807) is 37.4 Å². The van der Waals surface area contributed by atoms with Crippen molar-refractivity contribution in [1.29, 1.82) is 0 Å². The van der Waals surface area contributed by atoms with Gasteiger partial charge in [-0.05, 0) is 40.2 Å². The van der Waals surface area contributed by atoms with Gasteiger partial charge in [0.15, 0.2) is 5.78 Å². The summed E-state index contributed by atoms with van der Waals surface area (Å²) in [5.74, 6) is 0.354. The quantitative estimate of drug-likeness (QED) is 0.789. The fourth-order valence-corrected chi connectivity index (χ4v) is 2.33. The minimum atomic E-state index is -0.192. The van der Waals surface area contributed by atoms with Gasteiger partial charge in [-0.15, -0.1) is 0 Å². The zero-order chi connectivity index (χ0) is 15.9. The first kappa shape index (κ1) is 16.2. The van der Waals surface area contributed by atoms with Crippen LogP contribution in [0.3, 0.4) is 0 Å². The third-order valence-electron chi connectivity index (χ3n) is 3.12. The van der Waals surface area contributed by atoms with Crippen LogP contribution in [-0.2, 0) is 4.79 Å². The molecule has 1 N–H and O–H groups in total. The normalized spacial score (nSPS) is 10.1. The molecule has 2 rings (SSSR count). The highest BCUT2D eigenvalue weighted by Gasteiger charge is 2.11. The standard InChI is InChI=1S/C17H16BrNO3/c1-22-13-6-4-5-12(11-13)16(20)9-10-17(21)19-15-8-3-2-7-14(15)18/h2-8,11H,9-10H2,1H3,(H,19,21). The van der Waals surface area contributed by atoms with Crippen LogP contribution in [0.5, 0.6) is 5.75 Å². The third-order valence-corrected chi connectivity index (χ3v) is 3.81. The molecule has 22 heavy (non-hydrogen) atoms. The third kappa shape index (κ3) is 4.43. The van der Waals surface area contributed by atoms with Crippen LogP contribution in [0.4, 0.5) is 5.69 Å². The zero-order valence-electron chi connectivity index (χ0n) is 12.1. The Morgan fingerprint density at radius 1 is 1.09 bits per heavy atom. The monoisotopic (exact) mass is 361 g/mol. The average molecular weight is 362 g/mol. The Labute approximate surface area is 137 Å². The van der Waals surface area contributed by atoms with Crippen molar-refractivity contribution in [2.24, 2.45) is 0 Å². The fourth-order valence-electron chi connectivity index (χ4n) is 1.94. The van der Waals surface area contributed by atoms with Crippen molar-refractivity contribution in [2.45, 2.75) is 12.8 Å². The largest absolute Gasteiger partial charge is 0.497 e. The van der Waals surface area contributed by atoms with Crippen molar-refractivity contribution in [3.05, 3.63) is 58.6 Å². The van der Waals surface area contributed by atoms with E-state index in [0.29, 0.717) is 17.0 Å². The summed E-state index contributed by atoms with van der Waals surface area (Å²) in [6.07, 6.45) is 0.292. The molecular formula is C17H16BrNO3. The van der Waals surface area contributed by atoms with Crippen LogP contribution in [0, 0.1) is 0 Å². The van der Waals surface area contributed by atoms with E-state index in [2.05, 4.69) is 21.2 Å². The van der Waals surface area contributed by atoms with Crippen LogP contribution in [0.25, 0.3) is 0 Å². The molecule has 0 aliphatic rings. The highest BCUT2D eigenvalue weighted by Crippen LogP contribution is 2.21. The molecular weight excluding hydrogens is 346 g/mol. The van der Waals surface area contributed by atoms with E-state index in [0.717, 1.165) is 4.47 Å². The average Bonchev–Trinajstić information content (AvgIpc) is 2.55. The van der Waals surface area contributed by atoms with E-state index in [1.807, 2.05) is 18.2 Å². The van der Waals surface area contributed by atoms with Crippen molar-refractivity contribution in [3.63, 3.8) is 0 Å². The second kappa shape index (κ2) is 7.75. The Morgan fingerprint density at radius 3 is 2.59 bits per heavy atom. The van der Waals surface area contributed by atoms with Gasteiger partial charge in [0.1, 0.15) is 5.75 Å². The van der Waals surface area contributed by atoms with Gasteiger partial charge in [0, 0.05) is 22.9 Å². The molecule has 0 aliphatic carbocycles. The second-order valence-corrected chi connectivity index (χ2v) is 5.54. The molecule has 0 heterocycles. The molecule has 0 saturated carbocycles. The number of methoxy groups -OCH3 is 1. The fraction of sp³-hybridized carbons (Fsp3) is 0.176. The van der Waals surface area contributed by atoms with Crippen molar-refractivity contribution in [2.75, 3.05) is 12.4 Å². The molecule has 4 nitrogen and oxygen atoms in total. The summed E-state index contributed by atoms with van der Waals surface area (Å²) >= 11 is 3.36. The molecule has 1 amide bonds. The lowest BCUT2D eigenvalue weighted by Crippen LogP contribution is -2.13. The Morgan fingerprint density at radius 2 is 1.86 bits per heavy atom. The van der Waals surface area contributed by atoms with Gasteiger partial charge in [-0.3, -0.25) is 9.59 Å². The predicted molar refractivity (Wildman–Crippen MR) is 89.3 cm³/mol. The summed E-state index contributed by atoms with van der Waals surface area (Å²) in [6.45, 7) is 0. The van der Waals surface area contributed by atoms with Crippen molar-refractivity contribution >= 4 is 33.3 Å². The number of para-hydroxylation sites is 1. The van der Waals surface area contributed by atoms with Gasteiger partial charge >= 0.3 is 0 Å². The zero-order valence-corrected chi connectivity index (χ0v) is 13.7. The number of hydrogen-bond donors (Lipinski definition) is 1. The maximum Gasteiger partial charge on any atom is 0.224 e. The minimum absolute atomic E-state index is 0.0822. The van der Waals surface area contributed by atoms with E-state index in [-0.39, 0.29) is 24.5 Å². The molecule has 114 valence electrons. The predicted octanol–water partition coefficient (Wildman–Crippen LogP) is 4.06. The van der Waals surface area contributed by atoms with E-state index >= 15 is 0 Å². The summed E-state index contributed by atoms with van der Waals surface area (Å²) in [7, 11) is 1.55. The molecule has 0 atom stereocenters. The number of hydrogen-bond acceptors (Lipinski definition) is 3. The van der Waals surface area contributed by atoms with Gasteiger partial charge in [-0.25, -0.2) is 0 Å². The number of ketones is 1. The van der Waals surface area contributed by atoms with E-state index in [4.69, 9.17) is 4.74 Å². The first-order chi connectivity index (χ1) is 10.6. The van der Waals surface area contributed by atoms with Crippen molar-refractivity contribution in [1.82, 2.24) is 0 Å². The number of amides is 1. The van der Waals surface area contributed by atoms with Gasteiger partial charge in [-0.1, -0.05) is 24.3 Å². The highest BCUT2D eigenvalue weighted by molar-refractivity contribution is 9.10. The first-order valence-electron chi connectivity index (χ1n) is 6.82.